The van der Waals surface area contributed by atoms with E-state index in [0.717, 1.165) is 22.7 Å². The number of hydrogen-bond acceptors (Lipinski definition) is 3. The van der Waals surface area contributed by atoms with E-state index in [1.807, 2.05) is 0 Å². The molecule has 154 valence electrons. The van der Waals surface area contributed by atoms with Gasteiger partial charge in [-0.15, -0.1) is 0 Å². The average molecular weight is 417 g/mol. The smallest absolute Gasteiger partial charge is 0.387 e. The van der Waals surface area contributed by atoms with Gasteiger partial charge in [-0.1, -0.05) is 12.1 Å². The molecular weight excluding hydrogens is 402 g/mol. The first kappa shape index (κ1) is 18.7. The predicted octanol–water partition coefficient (Wildman–Crippen LogP) is 4.91. The number of aromatic nitrogens is 2. The molecule has 1 aromatic heterocycles. The molecule has 5 rings (SSSR count). The molecule has 1 spiro atoms. The Labute approximate surface area is 168 Å². The molecule has 5 nitrogen and oxygen atoms in total. The third-order valence-electron chi connectivity index (χ3n) is 5.53. The SMILES string of the molecule is Cc1cnc2n1C1(CC1)C(=O)N2c1c(F)cc(-c2ccc(OC(F)F)cc2)cc1F. The topological polar surface area (TPSA) is 47.4 Å². The number of ether oxygens (including phenoxy) is 1. The van der Waals surface area contributed by atoms with Crippen LogP contribution < -0.4 is 9.64 Å². The van der Waals surface area contributed by atoms with Crippen molar-refractivity contribution in [2.75, 3.05) is 4.90 Å². The number of amides is 1. The molecule has 0 unspecified atom stereocenters. The van der Waals surface area contributed by atoms with Gasteiger partial charge in [-0.2, -0.15) is 8.78 Å². The molecule has 2 aromatic carbocycles. The molecule has 0 bridgehead atoms. The highest BCUT2D eigenvalue weighted by atomic mass is 19.3. The summed E-state index contributed by atoms with van der Waals surface area (Å²) in [6, 6.07) is 7.61. The monoisotopic (exact) mass is 417 g/mol. The summed E-state index contributed by atoms with van der Waals surface area (Å²) in [5.41, 5.74) is 0.0851. The zero-order valence-corrected chi connectivity index (χ0v) is 15.7. The summed E-state index contributed by atoms with van der Waals surface area (Å²) in [7, 11) is 0. The molecule has 3 aromatic rings. The summed E-state index contributed by atoms with van der Waals surface area (Å²) in [6.45, 7) is -1.17. The predicted molar refractivity (Wildman–Crippen MR) is 99.7 cm³/mol. The Bertz CT molecular complexity index is 1150. The largest absolute Gasteiger partial charge is 0.435 e. The van der Waals surface area contributed by atoms with Gasteiger partial charge in [0.1, 0.15) is 17.0 Å². The van der Waals surface area contributed by atoms with E-state index >= 15 is 8.78 Å². The molecular formula is C21H15F4N3O2. The van der Waals surface area contributed by atoms with Gasteiger partial charge in [0.15, 0.2) is 11.6 Å². The molecule has 2 aliphatic rings. The van der Waals surface area contributed by atoms with Gasteiger partial charge in [-0.3, -0.25) is 9.36 Å². The van der Waals surface area contributed by atoms with Crippen LogP contribution in [0.3, 0.4) is 0 Å². The summed E-state index contributed by atoms with van der Waals surface area (Å²) < 4.78 is 60.7. The van der Waals surface area contributed by atoms with E-state index in [-0.39, 0.29) is 17.3 Å². The lowest BCUT2D eigenvalue weighted by atomic mass is 10.0. The number of halogens is 4. The van der Waals surface area contributed by atoms with Crippen LogP contribution >= 0.6 is 0 Å². The lowest BCUT2D eigenvalue weighted by Crippen LogP contribution is -2.31. The van der Waals surface area contributed by atoms with E-state index in [0.29, 0.717) is 18.4 Å². The number of alkyl halides is 2. The molecule has 1 saturated carbocycles. The number of carbonyl (C=O) groups excluding carboxylic acids is 1. The Morgan fingerprint density at radius 3 is 2.27 bits per heavy atom. The van der Waals surface area contributed by atoms with Crippen LogP contribution in [0.2, 0.25) is 0 Å². The standard InChI is InChI=1S/C21H15F4N3O2/c1-11-10-26-20-27(18(29)21(6-7-21)28(11)20)17-15(22)8-13(9-16(17)23)12-2-4-14(5-3-12)30-19(24)25/h2-5,8-10,19H,6-7H2,1H3. The van der Waals surface area contributed by atoms with Crippen molar-refractivity contribution in [2.45, 2.75) is 31.9 Å². The van der Waals surface area contributed by atoms with Crippen molar-refractivity contribution < 1.29 is 27.1 Å². The second-order valence-corrected chi connectivity index (χ2v) is 7.40. The third kappa shape index (κ3) is 2.61. The highest BCUT2D eigenvalue weighted by Crippen LogP contribution is 2.55. The zero-order chi connectivity index (χ0) is 21.2. The van der Waals surface area contributed by atoms with Gasteiger partial charge in [-0.25, -0.2) is 18.7 Å². The minimum Gasteiger partial charge on any atom is -0.435 e. The molecule has 9 heteroatoms. The fourth-order valence-electron chi connectivity index (χ4n) is 4.04. The van der Waals surface area contributed by atoms with Gasteiger partial charge in [-0.05, 0) is 55.2 Å². The van der Waals surface area contributed by atoms with E-state index in [1.165, 1.54) is 24.3 Å². The van der Waals surface area contributed by atoms with Crippen LogP contribution in [0.15, 0.2) is 42.6 Å². The number of aryl methyl sites for hydroxylation is 1. The molecule has 0 N–H and O–H groups in total. The molecule has 0 saturated heterocycles. The summed E-state index contributed by atoms with van der Waals surface area (Å²) >= 11 is 0. The molecule has 0 radical (unpaired) electrons. The van der Waals surface area contributed by atoms with Gasteiger partial charge >= 0.3 is 6.61 Å². The highest BCUT2D eigenvalue weighted by Gasteiger charge is 2.61. The molecule has 2 heterocycles. The fraction of sp³-hybridized carbons (Fsp3) is 0.238. The van der Waals surface area contributed by atoms with Crippen molar-refractivity contribution in [2.24, 2.45) is 0 Å². The number of carbonyl (C=O) groups is 1. The Morgan fingerprint density at radius 2 is 1.70 bits per heavy atom. The van der Waals surface area contributed by atoms with E-state index in [9.17, 15) is 13.6 Å². The number of rotatable bonds is 4. The van der Waals surface area contributed by atoms with Crippen LogP contribution in [0.25, 0.3) is 11.1 Å². The first-order chi connectivity index (χ1) is 14.3. The lowest BCUT2D eigenvalue weighted by Gasteiger charge is -2.18. The van der Waals surface area contributed by atoms with E-state index in [2.05, 4.69) is 9.72 Å². The number of fused-ring (bicyclic) bond motifs is 2. The number of imidazole rings is 1. The zero-order valence-electron chi connectivity index (χ0n) is 15.7. The van der Waals surface area contributed by atoms with Crippen molar-refractivity contribution in [1.29, 1.82) is 0 Å². The van der Waals surface area contributed by atoms with Crippen molar-refractivity contribution in [3.8, 4) is 16.9 Å². The van der Waals surface area contributed by atoms with Gasteiger partial charge < -0.3 is 4.74 Å². The van der Waals surface area contributed by atoms with E-state index in [4.69, 9.17) is 0 Å². The van der Waals surface area contributed by atoms with Gasteiger partial charge in [0, 0.05) is 5.69 Å². The van der Waals surface area contributed by atoms with E-state index in [1.54, 1.807) is 17.7 Å². The normalized spacial score (nSPS) is 16.5. The highest BCUT2D eigenvalue weighted by molar-refractivity contribution is 6.09. The Morgan fingerprint density at radius 1 is 1.07 bits per heavy atom. The molecule has 1 amide bonds. The summed E-state index contributed by atoms with van der Waals surface area (Å²) in [5.74, 6) is -2.10. The Kier molecular flexibility index (Phi) is 3.93. The van der Waals surface area contributed by atoms with Crippen molar-refractivity contribution in [1.82, 2.24) is 9.55 Å². The van der Waals surface area contributed by atoms with E-state index < -0.39 is 35.4 Å². The first-order valence-electron chi connectivity index (χ1n) is 9.25. The molecule has 0 atom stereocenters. The molecule has 1 fully saturated rings. The fourth-order valence-corrected chi connectivity index (χ4v) is 4.04. The maximum atomic E-state index is 15.1. The number of nitrogens with zero attached hydrogens (tertiary/aromatic N) is 3. The van der Waals surface area contributed by atoms with Gasteiger partial charge in [0.05, 0.1) is 6.20 Å². The molecule has 30 heavy (non-hydrogen) atoms. The second kappa shape index (κ2) is 6.32. The minimum atomic E-state index is -2.96. The summed E-state index contributed by atoms with van der Waals surface area (Å²) in [6.07, 6.45) is 2.77. The molecule has 1 aliphatic heterocycles. The maximum Gasteiger partial charge on any atom is 0.387 e. The molecule has 1 aliphatic carbocycles. The summed E-state index contributed by atoms with van der Waals surface area (Å²) in [4.78, 5) is 18.2. The van der Waals surface area contributed by atoms with Crippen LogP contribution in [0, 0.1) is 18.6 Å². The lowest BCUT2D eigenvalue weighted by molar-refractivity contribution is -0.120. The van der Waals surface area contributed by atoms with Crippen molar-refractivity contribution in [3.63, 3.8) is 0 Å². The Balaban J connectivity index is 1.54. The van der Waals surface area contributed by atoms with Crippen LogP contribution in [0.1, 0.15) is 18.5 Å². The van der Waals surface area contributed by atoms with Crippen molar-refractivity contribution >= 4 is 17.5 Å². The summed E-state index contributed by atoms with van der Waals surface area (Å²) in [5, 5.41) is 0. The van der Waals surface area contributed by atoms with Crippen LogP contribution in [0.5, 0.6) is 5.75 Å². The van der Waals surface area contributed by atoms with Gasteiger partial charge in [0.2, 0.25) is 5.95 Å². The van der Waals surface area contributed by atoms with Crippen LogP contribution in [0.4, 0.5) is 29.2 Å². The first-order valence-corrected chi connectivity index (χ1v) is 9.25. The quantitative estimate of drug-likeness (QED) is 0.567. The Hall–Kier alpha value is -3.36. The maximum absolute atomic E-state index is 15.1. The minimum absolute atomic E-state index is 0.0640. The second-order valence-electron chi connectivity index (χ2n) is 7.40. The number of hydrogen-bond donors (Lipinski definition) is 0. The van der Waals surface area contributed by atoms with Crippen molar-refractivity contribution in [3.05, 3.63) is 59.9 Å². The van der Waals surface area contributed by atoms with Crippen LogP contribution in [-0.2, 0) is 10.3 Å². The number of anilines is 2. The third-order valence-corrected chi connectivity index (χ3v) is 5.53. The van der Waals surface area contributed by atoms with Crippen LogP contribution in [-0.4, -0.2) is 22.1 Å². The average Bonchev–Trinajstić information content (AvgIpc) is 3.35. The number of benzene rings is 2. The van der Waals surface area contributed by atoms with Gasteiger partial charge in [0.25, 0.3) is 5.91 Å².